The normalized spacial score (nSPS) is 18.9. The third-order valence-electron chi connectivity index (χ3n) is 3.35. The summed E-state index contributed by atoms with van der Waals surface area (Å²) in [6, 6.07) is 7.53. The molecule has 0 bridgehead atoms. The highest BCUT2D eigenvalue weighted by atomic mass is 16.5. The zero-order valence-electron chi connectivity index (χ0n) is 11.4. The predicted octanol–water partition coefficient (Wildman–Crippen LogP) is 2.41. The van der Waals surface area contributed by atoms with E-state index in [9.17, 15) is 4.79 Å². The minimum atomic E-state index is -0.0644. The van der Waals surface area contributed by atoms with Gasteiger partial charge in [0.05, 0.1) is 6.61 Å². The highest BCUT2D eigenvalue weighted by Crippen LogP contribution is 2.19. The highest BCUT2D eigenvalue weighted by molar-refractivity contribution is 5.88. The van der Waals surface area contributed by atoms with Crippen molar-refractivity contribution in [3.8, 4) is 5.75 Å². The molecule has 0 unspecified atom stereocenters. The van der Waals surface area contributed by atoms with Crippen molar-refractivity contribution in [3.63, 3.8) is 0 Å². The molecule has 4 heteroatoms. The first-order valence-corrected chi connectivity index (χ1v) is 6.95. The molecule has 19 heavy (non-hydrogen) atoms. The summed E-state index contributed by atoms with van der Waals surface area (Å²) in [5.41, 5.74) is 0.782. The SMILES string of the molecule is CC(=O)Nc1cccc(OCC[C@H]2CCCNC2)c1. The average Bonchev–Trinajstić information content (AvgIpc) is 2.40. The van der Waals surface area contributed by atoms with Crippen LogP contribution in [-0.2, 0) is 4.79 Å². The summed E-state index contributed by atoms with van der Waals surface area (Å²) < 4.78 is 5.75. The summed E-state index contributed by atoms with van der Waals surface area (Å²) >= 11 is 0. The number of amides is 1. The van der Waals surface area contributed by atoms with Crippen molar-refractivity contribution in [2.45, 2.75) is 26.2 Å². The molecular formula is C15H22N2O2. The molecule has 1 aromatic carbocycles. The second-order valence-electron chi connectivity index (χ2n) is 5.06. The van der Waals surface area contributed by atoms with Crippen LogP contribution in [0.15, 0.2) is 24.3 Å². The summed E-state index contributed by atoms with van der Waals surface area (Å²) in [5.74, 6) is 1.48. The van der Waals surface area contributed by atoms with Gasteiger partial charge in [0.15, 0.2) is 0 Å². The number of carbonyl (C=O) groups excluding carboxylic acids is 1. The van der Waals surface area contributed by atoms with E-state index in [0.29, 0.717) is 0 Å². The topological polar surface area (TPSA) is 50.4 Å². The Kier molecular flexibility index (Phi) is 5.21. The molecule has 0 aliphatic carbocycles. The molecule has 1 atom stereocenters. The van der Waals surface area contributed by atoms with E-state index in [1.54, 1.807) is 0 Å². The van der Waals surface area contributed by atoms with Crippen molar-refractivity contribution in [2.24, 2.45) is 5.92 Å². The number of benzene rings is 1. The number of piperidine rings is 1. The molecule has 1 heterocycles. The lowest BCUT2D eigenvalue weighted by Crippen LogP contribution is -2.30. The van der Waals surface area contributed by atoms with Crippen LogP contribution in [0.2, 0.25) is 0 Å². The van der Waals surface area contributed by atoms with Crippen molar-refractivity contribution in [3.05, 3.63) is 24.3 Å². The molecule has 2 rings (SSSR count). The summed E-state index contributed by atoms with van der Waals surface area (Å²) in [6.07, 6.45) is 3.64. The number of ether oxygens (including phenoxy) is 1. The minimum Gasteiger partial charge on any atom is -0.494 e. The van der Waals surface area contributed by atoms with Crippen LogP contribution < -0.4 is 15.4 Å². The van der Waals surface area contributed by atoms with Gasteiger partial charge in [-0.25, -0.2) is 0 Å². The van der Waals surface area contributed by atoms with Crippen LogP contribution in [-0.4, -0.2) is 25.6 Å². The maximum atomic E-state index is 11.0. The summed E-state index contributed by atoms with van der Waals surface area (Å²) in [6.45, 7) is 4.49. The quantitative estimate of drug-likeness (QED) is 0.856. The fourth-order valence-corrected chi connectivity index (χ4v) is 2.38. The molecule has 0 saturated carbocycles. The Hall–Kier alpha value is -1.55. The van der Waals surface area contributed by atoms with Crippen molar-refractivity contribution in [1.29, 1.82) is 0 Å². The van der Waals surface area contributed by atoms with Crippen LogP contribution in [0.25, 0.3) is 0 Å². The van der Waals surface area contributed by atoms with Crippen LogP contribution in [0.1, 0.15) is 26.2 Å². The van der Waals surface area contributed by atoms with Crippen molar-refractivity contribution in [1.82, 2.24) is 5.32 Å². The van der Waals surface area contributed by atoms with Gasteiger partial charge in [0.2, 0.25) is 5.91 Å². The summed E-state index contributed by atoms with van der Waals surface area (Å²) in [7, 11) is 0. The Morgan fingerprint density at radius 1 is 1.53 bits per heavy atom. The third-order valence-corrected chi connectivity index (χ3v) is 3.35. The monoisotopic (exact) mass is 262 g/mol. The number of carbonyl (C=O) groups is 1. The Balaban J connectivity index is 1.77. The van der Waals surface area contributed by atoms with Gasteiger partial charge in [-0.3, -0.25) is 4.79 Å². The molecule has 1 aromatic rings. The van der Waals surface area contributed by atoms with Crippen molar-refractivity contribution in [2.75, 3.05) is 25.0 Å². The maximum Gasteiger partial charge on any atom is 0.221 e. The van der Waals surface area contributed by atoms with Gasteiger partial charge >= 0.3 is 0 Å². The lowest BCUT2D eigenvalue weighted by atomic mass is 9.97. The van der Waals surface area contributed by atoms with Crippen LogP contribution in [0.4, 0.5) is 5.69 Å². The Labute approximate surface area is 114 Å². The first-order valence-electron chi connectivity index (χ1n) is 6.95. The van der Waals surface area contributed by atoms with Crippen LogP contribution in [0, 0.1) is 5.92 Å². The van der Waals surface area contributed by atoms with E-state index in [0.717, 1.165) is 43.5 Å². The highest BCUT2D eigenvalue weighted by Gasteiger charge is 2.12. The van der Waals surface area contributed by atoms with Gasteiger partial charge in [-0.15, -0.1) is 0 Å². The lowest BCUT2D eigenvalue weighted by Gasteiger charge is -2.22. The first kappa shape index (κ1) is 13.9. The number of nitrogens with one attached hydrogen (secondary N) is 2. The Morgan fingerprint density at radius 2 is 2.42 bits per heavy atom. The Bertz CT molecular complexity index is 414. The second kappa shape index (κ2) is 7.14. The standard InChI is InChI=1S/C15H22N2O2/c1-12(18)17-14-5-2-6-15(10-14)19-9-7-13-4-3-8-16-11-13/h2,5-6,10,13,16H,3-4,7-9,11H2,1H3,(H,17,18)/t13-/m1/s1. The average molecular weight is 262 g/mol. The largest absolute Gasteiger partial charge is 0.494 e. The van der Waals surface area contributed by atoms with E-state index in [4.69, 9.17) is 4.74 Å². The summed E-state index contributed by atoms with van der Waals surface area (Å²) in [4.78, 5) is 11.0. The zero-order valence-corrected chi connectivity index (χ0v) is 11.4. The van der Waals surface area contributed by atoms with Gasteiger partial charge in [0.1, 0.15) is 5.75 Å². The molecular weight excluding hydrogens is 240 g/mol. The van der Waals surface area contributed by atoms with E-state index >= 15 is 0 Å². The van der Waals surface area contributed by atoms with Crippen LogP contribution in [0.5, 0.6) is 5.75 Å². The molecule has 1 aliphatic heterocycles. The summed E-state index contributed by atoms with van der Waals surface area (Å²) in [5, 5.41) is 6.17. The first-order chi connectivity index (χ1) is 9.24. The fourth-order valence-electron chi connectivity index (χ4n) is 2.38. The van der Waals surface area contributed by atoms with Gasteiger partial charge < -0.3 is 15.4 Å². The molecule has 1 fully saturated rings. The molecule has 1 aliphatic rings. The molecule has 0 radical (unpaired) electrons. The molecule has 0 spiro atoms. The number of rotatable bonds is 5. The van der Waals surface area contributed by atoms with Crippen molar-refractivity contribution < 1.29 is 9.53 Å². The van der Waals surface area contributed by atoms with Crippen LogP contribution >= 0.6 is 0 Å². The van der Waals surface area contributed by atoms with E-state index in [-0.39, 0.29) is 5.91 Å². The van der Waals surface area contributed by atoms with Gasteiger partial charge in [-0.2, -0.15) is 0 Å². The fraction of sp³-hybridized carbons (Fsp3) is 0.533. The number of hydrogen-bond donors (Lipinski definition) is 2. The lowest BCUT2D eigenvalue weighted by molar-refractivity contribution is -0.114. The molecule has 1 amide bonds. The van der Waals surface area contributed by atoms with E-state index in [1.807, 2.05) is 24.3 Å². The molecule has 1 saturated heterocycles. The van der Waals surface area contributed by atoms with E-state index in [1.165, 1.54) is 19.8 Å². The van der Waals surface area contributed by atoms with Gasteiger partial charge in [0, 0.05) is 18.7 Å². The van der Waals surface area contributed by atoms with Crippen molar-refractivity contribution >= 4 is 11.6 Å². The Morgan fingerprint density at radius 3 is 3.16 bits per heavy atom. The molecule has 104 valence electrons. The number of hydrogen-bond acceptors (Lipinski definition) is 3. The van der Waals surface area contributed by atoms with Gasteiger partial charge in [-0.05, 0) is 50.4 Å². The van der Waals surface area contributed by atoms with Gasteiger partial charge in [0.25, 0.3) is 0 Å². The van der Waals surface area contributed by atoms with E-state index in [2.05, 4.69) is 10.6 Å². The maximum absolute atomic E-state index is 11.0. The zero-order chi connectivity index (χ0) is 13.5. The van der Waals surface area contributed by atoms with Gasteiger partial charge in [-0.1, -0.05) is 6.07 Å². The molecule has 2 N–H and O–H groups in total. The number of anilines is 1. The second-order valence-corrected chi connectivity index (χ2v) is 5.06. The minimum absolute atomic E-state index is 0.0644. The molecule has 0 aromatic heterocycles. The van der Waals surface area contributed by atoms with Crippen LogP contribution in [0.3, 0.4) is 0 Å². The third kappa shape index (κ3) is 4.91. The smallest absolute Gasteiger partial charge is 0.221 e. The molecule has 4 nitrogen and oxygen atoms in total. The van der Waals surface area contributed by atoms with E-state index < -0.39 is 0 Å². The predicted molar refractivity (Wildman–Crippen MR) is 76.5 cm³/mol.